The summed E-state index contributed by atoms with van der Waals surface area (Å²) in [6.45, 7) is 8.61. The second-order valence-electron chi connectivity index (χ2n) is 5.07. The van der Waals surface area contributed by atoms with Crippen LogP contribution in [0.15, 0.2) is 12.1 Å². The van der Waals surface area contributed by atoms with Gasteiger partial charge in [0, 0.05) is 6.04 Å². The third kappa shape index (κ3) is 3.47. The predicted molar refractivity (Wildman–Crippen MR) is 73.8 cm³/mol. The molecule has 0 bridgehead atoms. The number of nitrogens with two attached hydrogens (primary N) is 1. The van der Waals surface area contributed by atoms with Gasteiger partial charge >= 0.3 is 0 Å². The van der Waals surface area contributed by atoms with Gasteiger partial charge in [0.05, 0.1) is 7.11 Å². The third-order valence-corrected chi connectivity index (χ3v) is 3.02. The molecule has 1 unspecified atom stereocenters. The molecule has 17 heavy (non-hydrogen) atoms. The van der Waals surface area contributed by atoms with Crippen molar-refractivity contribution < 1.29 is 4.74 Å². The summed E-state index contributed by atoms with van der Waals surface area (Å²) < 4.78 is 5.56. The van der Waals surface area contributed by atoms with Crippen LogP contribution in [0.5, 0.6) is 5.75 Å². The van der Waals surface area contributed by atoms with E-state index in [1.54, 1.807) is 7.11 Å². The highest BCUT2D eigenvalue weighted by Crippen LogP contribution is 2.32. The molecule has 0 aliphatic heterocycles. The number of aryl methyl sites for hydroxylation is 1. The second kappa shape index (κ2) is 6.06. The minimum atomic E-state index is 0.202. The van der Waals surface area contributed by atoms with Crippen molar-refractivity contribution in [3.05, 3.63) is 28.8 Å². The Bertz CT molecular complexity index is 369. The van der Waals surface area contributed by atoms with Gasteiger partial charge < -0.3 is 10.5 Å². The Morgan fingerprint density at radius 2 is 1.88 bits per heavy atom. The van der Waals surface area contributed by atoms with Crippen LogP contribution >= 0.6 is 0 Å². The number of benzene rings is 1. The van der Waals surface area contributed by atoms with Crippen LogP contribution in [0.4, 0.5) is 0 Å². The highest BCUT2D eigenvalue weighted by molar-refractivity contribution is 5.46. The first kappa shape index (κ1) is 14.0. The molecule has 96 valence electrons. The summed E-state index contributed by atoms with van der Waals surface area (Å²) >= 11 is 0. The molecule has 0 amide bonds. The van der Waals surface area contributed by atoms with E-state index in [1.807, 2.05) is 6.92 Å². The van der Waals surface area contributed by atoms with E-state index in [0.717, 1.165) is 18.6 Å². The lowest BCUT2D eigenvalue weighted by molar-refractivity contribution is 0.402. The molecular weight excluding hydrogens is 210 g/mol. The van der Waals surface area contributed by atoms with Crippen molar-refractivity contribution in [3.8, 4) is 5.75 Å². The monoisotopic (exact) mass is 235 g/mol. The number of ether oxygens (including phenoxy) is 1. The summed E-state index contributed by atoms with van der Waals surface area (Å²) in [5.41, 5.74) is 9.78. The molecule has 1 aromatic rings. The van der Waals surface area contributed by atoms with Gasteiger partial charge in [-0.25, -0.2) is 0 Å². The standard InChI is InChI=1S/C15H25NO/c1-6-13-8-12(7-11(4)16)9-14(10(2)3)15(13)17-5/h8-11H,6-7,16H2,1-5H3. The zero-order chi connectivity index (χ0) is 13.0. The molecule has 1 aromatic carbocycles. The lowest BCUT2D eigenvalue weighted by Gasteiger charge is -2.18. The van der Waals surface area contributed by atoms with Crippen LogP contribution in [0.2, 0.25) is 0 Å². The fraction of sp³-hybridized carbons (Fsp3) is 0.600. The lowest BCUT2D eigenvalue weighted by Crippen LogP contribution is -2.18. The van der Waals surface area contributed by atoms with E-state index in [9.17, 15) is 0 Å². The van der Waals surface area contributed by atoms with E-state index in [-0.39, 0.29) is 6.04 Å². The van der Waals surface area contributed by atoms with Crippen molar-refractivity contribution in [2.45, 2.75) is 52.5 Å². The van der Waals surface area contributed by atoms with Crippen LogP contribution in [0.3, 0.4) is 0 Å². The van der Waals surface area contributed by atoms with Gasteiger partial charge in [-0.15, -0.1) is 0 Å². The van der Waals surface area contributed by atoms with Gasteiger partial charge in [-0.1, -0.05) is 32.9 Å². The average molecular weight is 235 g/mol. The van der Waals surface area contributed by atoms with Crippen LogP contribution in [0, 0.1) is 0 Å². The Labute approximate surface area is 105 Å². The Balaban J connectivity index is 3.24. The summed E-state index contributed by atoms with van der Waals surface area (Å²) in [6.07, 6.45) is 1.92. The topological polar surface area (TPSA) is 35.2 Å². The molecular formula is C15H25NO. The minimum absolute atomic E-state index is 0.202. The summed E-state index contributed by atoms with van der Waals surface area (Å²) in [6, 6.07) is 4.67. The largest absolute Gasteiger partial charge is 0.496 e. The van der Waals surface area contributed by atoms with E-state index in [0.29, 0.717) is 5.92 Å². The molecule has 2 heteroatoms. The van der Waals surface area contributed by atoms with Gasteiger partial charge in [0.2, 0.25) is 0 Å². The van der Waals surface area contributed by atoms with Crippen molar-refractivity contribution in [1.29, 1.82) is 0 Å². The number of hydrogen-bond donors (Lipinski definition) is 1. The molecule has 0 heterocycles. The Morgan fingerprint density at radius 3 is 2.29 bits per heavy atom. The summed E-state index contributed by atoms with van der Waals surface area (Å²) in [4.78, 5) is 0. The van der Waals surface area contributed by atoms with Crippen LogP contribution in [-0.2, 0) is 12.8 Å². The Hall–Kier alpha value is -1.02. The van der Waals surface area contributed by atoms with Crippen LogP contribution in [0.25, 0.3) is 0 Å². The smallest absolute Gasteiger partial charge is 0.125 e. The third-order valence-electron chi connectivity index (χ3n) is 3.02. The number of rotatable bonds is 5. The molecule has 0 radical (unpaired) electrons. The summed E-state index contributed by atoms with van der Waals surface area (Å²) in [5.74, 6) is 1.53. The summed E-state index contributed by atoms with van der Waals surface area (Å²) in [7, 11) is 1.76. The quantitative estimate of drug-likeness (QED) is 0.850. The van der Waals surface area contributed by atoms with Crippen LogP contribution in [-0.4, -0.2) is 13.2 Å². The maximum absolute atomic E-state index is 5.88. The molecule has 0 aromatic heterocycles. The fourth-order valence-electron chi connectivity index (χ4n) is 2.21. The fourth-order valence-corrected chi connectivity index (χ4v) is 2.21. The number of methoxy groups -OCH3 is 1. The van der Waals surface area contributed by atoms with Gasteiger partial charge in [0.1, 0.15) is 5.75 Å². The molecule has 0 fully saturated rings. The van der Waals surface area contributed by atoms with Gasteiger partial charge in [-0.05, 0) is 42.4 Å². The first-order valence-corrected chi connectivity index (χ1v) is 6.44. The molecule has 0 aliphatic rings. The van der Waals surface area contributed by atoms with E-state index in [2.05, 4.69) is 32.9 Å². The lowest BCUT2D eigenvalue weighted by atomic mass is 9.93. The zero-order valence-corrected chi connectivity index (χ0v) is 11.7. The molecule has 1 atom stereocenters. The Kier molecular flexibility index (Phi) is 5.01. The van der Waals surface area contributed by atoms with Crippen molar-refractivity contribution in [3.63, 3.8) is 0 Å². The molecule has 0 saturated carbocycles. The van der Waals surface area contributed by atoms with Gasteiger partial charge in [-0.2, -0.15) is 0 Å². The maximum atomic E-state index is 5.88. The van der Waals surface area contributed by atoms with E-state index < -0.39 is 0 Å². The SMILES string of the molecule is CCc1cc(CC(C)N)cc(C(C)C)c1OC. The molecule has 1 rings (SSSR count). The Morgan fingerprint density at radius 1 is 1.24 bits per heavy atom. The van der Waals surface area contributed by atoms with Crippen molar-refractivity contribution in [2.75, 3.05) is 7.11 Å². The maximum Gasteiger partial charge on any atom is 0.125 e. The normalized spacial score (nSPS) is 12.9. The van der Waals surface area contributed by atoms with Gasteiger partial charge in [0.25, 0.3) is 0 Å². The second-order valence-corrected chi connectivity index (χ2v) is 5.07. The van der Waals surface area contributed by atoms with Gasteiger partial charge in [0.15, 0.2) is 0 Å². The molecule has 2 nitrogen and oxygen atoms in total. The molecule has 0 aliphatic carbocycles. The molecule has 2 N–H and O–H groups in total. The van der Waals surface area contributed by atoms with Crippen LogP contribution in [0.1, 0.15) is 50.3 Å². The average Bonchev–Trinajstić information content (AvgIpc) is 2.26. The first-order valence-electron chi connectivity index (χ1n) is 6.44. The van der Waals surface area contributed by atoms with Crippen molar-refractivity contribution in [2.24, 2.45) is 5.73 Å². The van der Waals surface area contributed by atoms with Crippen LogP contribution < -0.4 is 10.5 Å². The van der Waals surface area contributed by atoms with E-state index >= 15 is 0 Å². The van der Waals surface area contributed by atoms with E-state index in [1.165, 1.54) is 16.7 Å². The molecule has 0 saturated heterocycles. The van der Waals surface area contributed by atoms with Crippen molar-refractivity contribution in [1.82, 2.24) is 0 Å². The highest BCUT2D eigenvalue weighted by atomic mass is 16.5. The van der Waals surface area contributed by atoms with E-state index in [4.69, 9.17) is 10.5 Å². The number of hydrogen-bond acceptors (Lipinski definition) is 2. The first-order chi connectivity index (χ1) is 7.99. The van der Waals surface area contributed by atoms with Crippen molar-refractivity contribution >= 4 is 0 Å². The zero-order valence-electron chi connectivity index (χ0n) is 11.7. The molecule has 0 spiro atoms. The summed E-state index contributed by atoms with van der Waals surface area (Å²) in [5, 5.41) is 0. The van der Waals surface area contributed by atoms with Gasteiger partial charge in [-0.3, -0.25) is 0 Å². The predicted octanol–water partition coefficient (Wildman–Crippen LogP) is 3.27. The minimum Gasteiger partial charge on any atom is -0.496 e. The highest BCUT2D eigenvalue weighted by Gasteiger charge is 2.13.